The molecular formula is C62H112O6. The van der Waals surface area contributed by atoms with Gasteiger partial charge in [-0.25, -0.2) is 0 Å². The third-order valence-electron chi connectivity index (χ3n) is 13.1. The lowest BCUT2D eigenvalue weighted by Gasteiger charge is -2.18. The van der Waals surface area contributed by atoms with Crippen molar-refractivity contribution in [2.75, 3.05) is 13.2 Å². The molecule has 0 N–H and O–H groups in total. The van der Waals surface area contributed by atoms with Gasteiger partial charge >= 0.3 is 17.9 Å². The summed E-state index contributed by atoms with van der Waals surface area (Å²) < 4.78 is 16.8. The van der Waals surface area contributed by atoms with Crippen LogP contribution in [0.2, 0.25) is 0 Å². The molecule has 0 aromatic rings. The van der Waals surface area contributed by atoms with Gasteiger partial charge in [-0.3, -0.25) is 14.4 Å². The summed E-state index contributed by atoms with van der Waals surface area (Å²) in [4.78, 5) is 38.1. The quantitative estimate of drug-likeness (QED) is 0.0262. The normalized spacial score (nSPS) is 12.3. The van der Waals surface area contributed by atoms with E-state index in [4.69, 9.17) is 14.2 Å². The SMILES string of the molecule is CC/C=C\C/C=C\C/C=C\C/C=C\CCC(=O)OCC(COC(=O)CCCCCCCCCCCCCCCCCCCCCC)OC(=O)CCCCCCCCCCCCCCCCCCC. The summed E-state index contributed by atoms with van der Waals surface area (Å²) in [6.45, 7) is 6.51. The van der Waals surface area contributed by atoms with Crippen LogP contribution in [0.15, 0.2) is 48.6 Å². The monoisotopic (exact) mass is 953 g/mol. The van der Waals surface area contributed by atoms with Crippen LogP contribution in [-0.4, -0.2) is 37.2 Å². The number of rotatable bonds is 54. The summed E-state index contributed by atoms with van der Waals surface area (Å²) in [6, 6.07) is 0. The minimum absolute atomic E-state index is 0.0903. The van der Waals surface area contributed by atoms with Crippen molar-refractivity contribution in [2.45, 2.75) is 316 Å². The van der Waals surface area contributed by atoms with Crippen molar-refractivity contribution in [3.8, 4) is 0 Å². The number of ether oxygens (including phenoxy) is 3. The molecule has 0 bridgehead atoms. The number of carbonyl (C=O) groups excluding carboxylic acids is 3. The fraction of sp³-hybridized carbons (Fsp3) is 0.823. The zero-order chi connectivity index (χ0) is 49.3. The molecule has 0 aliphatic carbocycles. The molecular weight excluding hydrogens is 841 g/mol. The Morgan fingerprint density at radius 2 is 0.574 bits per heavy atom. The van der Waals surface area contributed by atoms with Gasteiger partial charge in [-0.05, 0) is 44.9 Å². The highest BCUT2D eigenvalue weighted by atomic mass is 16.6. The number of hydrogen-bond acceptors (Lipinski definition) is 6. The zero-order valence-corrected chi connectivity index (χ0v) is 45.4. The van der Waals surface area contributed by atoms with E-state index in [0.717, 1.165) is 64.2 Å². The van der Waals surface area contributed by atoms with Crippen LogP contribution in [0, 0.1) is 0 Å². The maximum absolute atomic E-state index is 12.9. The van der Waals surface area contributed by atoms with E-state index in [0.29, 0.717) is 19.3 Å². The lowest BCUT2D eigenvalue weighted by Crippen LogP contribution is -2.30. The number of hydrogen-bond donors (Lipinski definition) is 0. The highest BCUT2D eigenvalue weighted by molar-refractivity contribution is 5.71. The summed E-state index contributed by atoms with van der Waals surface area (Å²) in [5.74, 6) is -0.957. The fourth-order valence-corrected chi connectivity index (χ4v) is 8.69. The van der Waals surface area contributed by atoms with Crippen molar-refractivity contribution >= 4 is 17.9 Å². The van der Waals surface area contributed by atoms with Crippen molar-refractivity contribution in [3.63, 3.8) is 0 Å². The molecule has 6 nitrogen and oxygen atoms in total. The minimum atomic E-state index is -0.798. The topological polar surface area (TPSA) is 78.9 Å². The van der Waals surface area contributed by atoms with Crippen molar-refractivity contribution in [3.05, 3.63) is 48.6 Å². The number of allylic oxidation sites excluding steroid dienone is 8. The molecule has 0 aliphatic heterocycles. The van der Waals surface area contributed by atoms with Crippen molar-refractivity contribution in [1.82, 2.24) is 0 Å². The molecule has 1 atom stereocenters. The van der Waals surface area contributed by atoms with Crippen LogP contribution in [-0.2, 0) is 28.6 Å². The number of carbonyl (C=O) groups is 3. The predicted octanol–water partition coefficient (Wildman–Crippen LogP) is 19.8. The molecule has 0 heterocycles. The molecule has 68 heavy (non-hydrogen) atoms. The second-order valence-corrected chi connectivity index (χ2v) is 19.9. The first-order chi connectivity index (χ1) is 33.5. The maximum Gasteiger partial charge on any atom is 0.306 e. The summed E-state index contributed by atoms with van der Waals surface area (Å²) in [5.41, 5.74) is 0. The maximum atomic E-state index is 12.9. The van der Waals surface area contributed by atoms with Gasteiger partial charge in [-0.2, -0.15) is 0 Å². The van der Waals surface area contributed by atoms with Gasteiger partial charge in [0, 0.05) is 19.3 Å². The largest absolute Gasteiger partial charge is 0.462 e. The van der Waals surface area contributed by atoms with E-state index in [1.807, 2.05) is 6.08 Å². The van der Waals surface area contributed by atoms with E-state index < -0.39 is 6.10 Å². The first kappa shape index (κ1) is 65.4. The van der Waals surface area contributed by atoms with Crippen LogP contribution in [0.5, 0.6) is 0 Å². The van der Waals surface area contributed by atoms with Gasteiger partial charge in [-0.1, -0.05) is 294 Å². The Hall–Kier alpha value is -2.63. The standard InChI is InChI=1S/C62H112O6/c1-4-7-10-13-16-19-22-25-27-29-30-31-33-34-37-40-43-46-49-52-55-61(64)67-58-59(57-66-60(63)54-51-48-45-42-39-36-24-21-18-15-12-9-6-3)68-62(65)56-53-50-47-44-41-38-35-32-28-26-23-20-17-14-11-8-5-2/h9,12,18,21,36,39,45,48,59H,4-8,10-11,13-17,19-20,22-35,37-38,40-44,46-47,49-58H2,1-3H3/b12-9-,21-18-,39-36-,48-45-. The number of unbranched alkanes of at least 4 members (excludes halogenated alkanes) is 35. The lowest BCUT2D eigenvalue weighted by atomic mass is 10.0. The van der Waals surface area contributed by atoms with Gasteiger partial charge in [0.05, 0.1) is 0 Å². The molecule has 396 valence electrons. The summed E-state index contributed by atoms with van der Waals surface area (Å²) in [6.07, 6.45) is 69.8. The Labute approximate surface area is 422 Å². The molecule has 0 radical (unpaired) electrons. The summed E-state index contributed by atoms with van der Waals surface area (Å²) >= 11 is 0. The average Bonchev–Trinajstić information content (AvgIpc) is 3.34. The summed E-state index contributed by atoms with van der Waals surface area (Å²) in [7, 11) is 0. The minimum Gasteiger partial charge on any atom is -0.462 e. The third-order valence-corrected chi connectivity index (χ3v) is 13.1. The average molecular weight is 954 g/mol. The van der Waals surface area contributed by atoms with E-state index in [-0.39, 0.29) is 37.5 Å². The predicted molar refractivity (Wildman–Crippen MR) is 293 cm³/mol. The Balaban J connectivity index is 4.34. The molecule has 0 amide bonds. The highest BCUT2D eigenvalue weighted by Gasteiger charge is 2.19. The first-order valence-electron chi connectivity index (χ1n) is 29.6. The molecule has 0 aromatic heterocycles. The second kappa shape index (κ2) is 57.0. The molecule has 0 aromatic carbocycles. The van der Waals surface area contributed by atoms with Crippen LogP contribution in [0.25, 0.3) is 0 Å². The highest BCUT2D eigenvalue weighted by Crippen LogP contribution is 2.17. The molecule has 0 spiro atoms. The molecule has 0 rings (SSSR count). The van der Waals surface area contributed by atoms with E-state index in [9.17, 15) is 14.4 Å². The van der Waals surface area contributed by atoms with E-state index in [1.54, 1.807) is 0 Å². The van der Waals surface area contributed by atoms with Gasteiger partial charge < -0.3 is 14.2 Å². The van der Waals surface area contributed by atoms with Gasteiger partial charge in [0.2, 0.25) is 0 Å². The van der Waals surface area contributed by atoms with Crippen LogP contribution in [0.1, 0.15) is 310 Å². The Bertz CT molecular complexity index is 1190. The molecule has 0 fully saturated rings. The Morgan fingerprint density at radius 1 is 0.309 bits per heavy atom. The fourth-order valence-electron chi connectivity index (χ4n) is 8.69. The first-order valence-corrected chi connectivity index (χ1v) is 29.6. The van der Waals surface area contributed by atoms with E-state index in [2.05, 4.69) is 63.3 Å². The van der Waals surface area contributed by atoms with E-state index >= 15 is 0 Å². The van der Waals surface area contributed by atoms with Crippen LogP contribution in [0.4, 0.5) is 0 Å². The van der Waals surface area contributed by atoms with Gasteiger partial charge in [0.1, 0.15) is 13.2 Å². The van der Waals surface area contributed by atoms with Crippen molar-refractivity contribution in [1.29, 1.82) is 0 Å². The number of esters is 3. The Kier molecular flexibility index (Phi) is 54.8. The third kappa shape index (κ3) is 54.3. The van der Waals surface area contributed by atoms with Crippen molar-refractivity contribution < 1.29 is 28.6 Å². The zero-order valence-electron chi connectivity index (χ0n) is 45.4. The van der Waals surface area contributed by atoms with Gasteiger partial charge in [0.15, 0.2) is 6.10 Å². The Morgan fingerprint density at radius 3 is 0.897 bits per heavy atom. The van der Waals surface area contributed by atoms with Gasteiger partial charge in [-0.15, -0.1) is 0 Å². The molecule has 0 aliphatic rings. The van der Waals surface area contributed by atoms with Crippen LogP contribution >= 0.6 is 0 Å². The van der Waals surface area contributed by atoms with Crippen LogP contribution < -0.4 is 0 Å². The van der Waals surface area contributed by atoms with Crippen molar-refractivity contribution in [2.24, 2.45) is 0 Å². The smallest absolute Gasteiger partial charge is 0.306 e. The molecule has 0 saturated carbocycles. The van der Waals surface area contributed by atoms with Gasteiger partial charge in [0.25, 0.3) is 0 Å². The summed E-state index contributed by atoms with van der Waals surface area (Å²) in [5, 5.41) is 0. The second-order valence-electron chi connectivity index (χ2n) is 19.9. The van der Waals surface area contributed by atoms with Crippen LogP contribution in [0.3, 0.4) is 0 Å². The lowest BCUT2D eigenvalue weighted by molar-refractivity contribution is -0.166. The van der Waals surface area contributed by atoms with E-state index in [1.165, 1.54) is 199 Å². The molecule has 0 saturated heterocycles. The molecule has 6 heteroatoms. The molecule has 1 unspecified atom stereocenters.